The van der Waals surface area contributed by atoms with Gasteiger partial charge >= 0.3 is 0 Å². The van der Waals surface area contributed by atoms with Gasteiger partial charge in [0.1, 0.15) is 0 Å². The van der Waals surface area contributed by atoms with E-state index in [1.165, 1.54) is 22.3 Å². The Bertz CT molecular complexity index is 508. The van der Waals surface area contributed by atoms with E-state index in [0.717, 1.165) is 5.69 Å². The van der Waals surface area contributed by atoms with E-state index < -0.39 is 0 Å². The number of benzene rings is 1. The summed E-state index contributed by atoms with van der Waals surface area (Å²) in [5, 5.41) is 0. The molecule has 1 heterocycles. The van der Waals surface area contributed by atoms with Crippen LogP contribution in [0.2, 0.25) is 0 Å². The SMILES string of the molecule is C/C=C(\c1cnc[nH]1)c1cccc(C)c1C. The zero-order valence-electron chi connectivity index (χ0n) is 9.91. The molecule has 0 spiro atoms. The highest BCUT2D eigenvalue weighted by atomic mass is 14.9. The molecule has 0 atom stereocenters. The average molecular weight is 212 g/mol. The molecule has 16 heavy (non-hydrogen) atoms. The van der Waals surface area contributed by atoms with Crippen molar-refractivity contribution in [1.29, 1.82) is 0 Å². The van der Waals surface area contributed by atoms with Crippen LogP contribution in [0.1, 0.15) is 29.3 Å². The van der Waals surface area contributed by atoms with Gasteiger partial charge in [-0.05, 0) is 37.5 Å². The predicted molar refractivity (Wildman–Crippen MR) is 67.3 cm³/mol. The van der Waals surface area contributed by atoms with E-state index in [-0.39, 0.29) is 0 Å². The van der Waals surface area contributed by atoms with Gasteiger partial charge in [0, 0.05) is 5.57 Å². The maximum atomic E-state index is 4.07. The van der Waals surface area contributed by atoms with Crippen LogP contribution < -0.4 is 0 Å². The van der Waals surface area contributed by atoms with Crippen LogP contribution in [-0.2, 0) is 0 Å². The van der Waals surface area contributed by atoms with Gasteiger partial charge < -0.3 is 4.98 Å². The fourth-order valence-corrected chi connectivity index (χ4v) is 1.90. The van der Waals surface area contributed by atoms with Crippen molar-refractivity contribution in [3.63, 3.8) is 0 Å². The second kappa shape index (κ2) is 4.35. The maximum absolute atomic E-state index is 4.07. The van der Waals surface area contributed by atoms with Crippen molar-refractivity contribution in [2.75, 3.05) is 0 Å². The lowest BCUT2D eigenvalue weighted by atomic mass is 9.95. The molecule has 0 saturated heterocycles. The minimum Gasteiger partial charge on any atom is -0.345 e. The average Bonchev–Trinajstić information content (AvgIpc) is 2.79. The summed E-state index contributed by atoms with van der Waals surface area (Å²) in [5.74, 6) is 0. The largest absolute Gasteiger partial charge is 0.345 e. The Morgan fingerprint density at radius 2 is 2.12 bits per heavy atom. The van der Waals surface area contributed by atoms with Crippen molar-refractivity contribution in [2.24, 2.45) is 0 Å². The fraction of sp³-hybridized carbons (Fsp3) is 0.214. The second-order valence-electron chi connectivity index (χ2n) is 3.92. The molecule has 0 aliphatic carbocycles. The topological polar surface area (TPSA) is 28.7 Å². The number of H-pyrrole nitrogens is 1. The standard InChI is InChI=1S/C14H16N2/c1-4-12(14-8-15-9-16-14)13-7-5-6-10(2)11(13)3/h4-9H,1-3H3,(H,15,16)/b12-4-. The quantitative estimate of drug-likeness (QED) is 0.811. The van der Waals surface area contributed by atoms with E-state index >= 15 is 0 Å². The molecule has 2 nitrogen and oxygen atoms in total. The number of aromatic amines is 1. The van der Waals surface area contributed by atoms with Gasteiger partial charge in [-0.25, -0.2) is 4.98 Å². The Morgan fingerprint density at radius 1 is 1.31 bits per heavy atom. The van der Waals surface area contributed by atoms with E-state index in [1.54, 1.807) is 6.33 Å². The van der Waals surface area contributed by atoms with E-state index in [1.807, 2.05) is 6.20 Å². The summed E-state index contributed by atoms with van der Waals surface area (Å²) < 4.78 is 0. The molecule has 82 valence electrons. The smallest absolute Gasteiger partial charge is 0.0924 e. The molecular formula is C14H16N2. The minimum absolute atomic E-state index is 1.07. The number of rotatable bonds is 2. The summed E-state index contributed by atoms with van der Waals surface area (Å²) in [6, 6.07) is 6.38. The third kappa shape index (κ3) is 1.78. The van der Waals surface area contributed by atoms with Gasteiger partial charge in [0.25, 0.3) is 0 Å². The number of hydrogen-bond acceptors (Lipinski definition) is 1. The second-order valence-corrected chi connectivity index (χ2v) is 3.92. The molecule has 2 rings (SSSR count). The Morgan fingerprint density at radius 3 is 2.75 bits per heavy atom. The molecular weight excluding hydrogens is 196 g/mol. The van der Waals surface area contributed by atoms with E-state index in [2.05, 4.69) is 55.0 Å². The summed E-state index contributed by atoms with van der Waals surface area (Å²) in [7, 11) is 0. The first-order valence-electron chi connectivity index (χ1n) is 5.45. The minimum atomic E-state index is 1.07. The highest BCUT2D eigenvalue weighted by Gasteiger charge is 2.08. The number of hydrogen-bond donors (Lipinski definition) is 1. The fourth-order valence-electron chi connectivity index (χ4n) is 1.90. The molecule has 0 aliphatic rings. The Labute approximate surface area is 96.1 Å². The van der Waals surface area contributed by atoms with Gasteiger partial charge in [0.05, 0.1) is 18.2 Å². The molecule has 0 unspecified atom stereocenters. The highest BCUT2D eigenvalue weighted by molar-refractivity contribution is 5.79. The molecule has 2 heteroatoms. The molecule has 0 fully saturated rings. The van der Waals surface area contributed by atoms with Crippen LogP contribution in [-0.4, -0.2) is 9.97 Å². The van der Waals surface area contributed by atoms with Gasteiger partial charge in [-0.15, -0.1) is 0 Å². The van der Waals surface area contributed by atoms with Crippen LogP contribution >= 0.6 is 0 Å². The summed E-state index contributed by atoms with van der Waals surface area (Å²) >= 11 is 0. The van der Waals surface area contributed by atoms with Crippen LogP contribution in [0, 0.1) is 13.8 Å². The predicted octanol–water partition coefficient (Wildman–Crippen LogP) is 3.48. The number of aromatic nitrogens is 2. The highest BCUT2D eigenvalue weighted by Crippen LogP contribution is 2.25. The van der Waals surface area contributed by atoms with Crippen LogP contribution in [0.25, 0.3) is 5.57 Å². The number of allylic oxidation sites excluding steroid dienone is 1. The van der Waals surface area contributed by atoms with Crippen molar-refractivity contribution in [2.45, 2.75) is 20.8 Å². The first-order chi connectivity index (χ1) is 7.74. The lowest BCUT2D eigenvalue weighted by Crippen LogP contribution is -1.93. The van der Waals surface area contributed by atoms with Crippen LogP contribution in [0.15, 0.2) is 36.8 Å². The molecule has 0 radical (unpaired) electrons. The Kier molecular flexibility index (Phi) is 2.91. The van der Waals surface area contributed by atoms with Crippen molar-refractivity contribution < 1.29 is 0 Å². The zero-order chi connectivity index (χ0) is 11.5. The molecule has 0 aliphatic heterocycles. The number of nitrogens with zero attached hydrogens (tertiary/aromatic N) is 1. The third-order valence-corrected chi connectivity index (χ3v) is 2.97. The number of aryl methyl sites for hydroxylation is 1. The van der Waals surface area contributed by atoms with Crippen molar-refractivity contribution in [1.82, 2.24) is 9.97 Å². The Balaban J connectivity index is 2.55. The van der Waals surface area contributed by atoms with Gasteiger partial charge in [-0.1, -0.05) is 24.3 Å². The normalized spacial score (nSPS) is 11.8. The molecule has 0 bridgehead atoms. The zero-order valence-corrected chi connectivity index (χ0v) is 9.91. The molecule has 0 saturated carbocycles. The van der Waals surface area contributed by atoms with Gasteiger partial charge in [-0.3, -0.25) is 0 Å². The third-order valence-electron chi connectivity index (χ3n) is 2.97. The summed E-state index contributed by atoms with van der Waals surface area (Å²) in [6.45, 7) is 6.35. The Hall–Kier alpha value is -1.83. The summed E-state index contributed by atoms with van der Waals surface area (Å²) in [6.07, 6.45) is 5.69. The van der Waals surface area contributed by atoms with E-state index in [4.69, 9.17) is 0 Å². The molecule has 1 aromatic heterocycles. The molecule has 2 aromatic rings. The first-order valence-corrected chi connectivity index (χ1v) is 5.45. The van der Waals surface area contributed by atoms with Gasteiger partial charge in [-0.2, -0.15) is 0 Å². The summed E-state index contributed by atoms with van der Waals surface area (Å²) in [5.41, 5.74) is 6.18. The van der Waals surface area contributed by atoms with Gasteiger partial charge in [0.15, 0.2) is 0 Å². The molecule has 1 aromatic carbocycles. The van der Waals surface area contributed by atoms with Crippen LogP contribution in [0.3, 0.4) is 0 Å². The lowest BCUT2D eigenvalue weighted by molar-refractivity contribution is 1.27. The van der Waals surface area contributed by atoms with E-state index in [9.17, 15) is 0 Å². The molecule has 0 amide bonds. The van der Waals surface area contributed by atoms with Crippen molar-refractivity contribution >= 4 is 5.57 Å². The number of nitrogens with one attached hydrogen (secondary N) is 1. The number of imidazole rings is 1. The van der Waals surface area contributed by atoms with Crippen molar-refractivity contribution in [3.05, 3.63) is 59.2 Å². The van der Waals surface area contributed by atoms with Crippen LogP contribution in [0.5, 0.6) is 0 Å². The lowest BCUT2D eigenvalue weighted by Gasteiger charge is -2.10. The van der Waals surface area contributed by atoms with Crippen LogP contribution in [0.4, 0.5) is 0 Å². The maximum Gasteiger partial charge on any atom is 0.0924 e. The van der Waals surface area contributed by atoms with E-state index in [0.29, 0.717) is 0 Å². The van der Waals surface area contributed by atoms with Gasteiger partial charge in [0.2, 0.25) is 0 Å². The monoisotopic (exact) mass is 212 g/mol. The first kappa shape index (κ1) is 10.7. The van der Waals surface area contributed by atoms with Crippen molar-refractivity contribution in [3.8, 4) is 0 Å². The molecule has 1 N–H and O–H groups in total. The summed E-state index contributed by atoms with van der Waals surface area (Å²) in [4.78, 5) is 7.23.